The molecule has 3 aliphatic heterocycles. The number of rotatable bonds is 15. The Hall–Kier alpha value is -5.17. The van der Waals surface area contributed by atoms with E-state index in [-0.39, 0.29) is 18.8 Å². The lowest BCUT2D eigenvalue weighted by Crippen LogP contribution is -2.58. The summed E-state index contributed by atoms with van der Waals surface area (Å²) in [4.78, 5) is 28.3. The smallest absolute Gasteiger partial charge is 0.330 e. The standard InChI is InChI=1S/C50H54N3O8PSi/c1-35-32-52(49(55)51-48(35)54)47-31-44(60-62-53-30-14-21-43(53)46(61-62)34-63(4,41-17-10-6-11-18-41)42-19-12-7-13-20-42)45(59-47)33-58-50(36-15-8-5-9-16-36,37-22-26-39(56-2)27-23-37)38-24-28-40(57-3)29-25-38/h5-13,15-20,22-29,32,43-47H,14,21,30-31,33-34H2,1-4H3,(H,51,54,55)/t43-,44-,45+,46+,47+,62-/m0/s1. The van der Waals surface area contributed by atoms with Crippen LogP contribution in [-0.2, 0) is 24.1 Å². The lowest BCUT2D eigenvalue weighted by atomic mass is 9.80. The van der Waals surface area contributed by atoms with Crippen molar-refractivity contribution in [2.45, 2.75) is 75.0 Å². The molecule has 63 heavy (non-hydrogen) atoms. The number of hydrogen-bond donors (Lipinski definition) is 1. The van der Waals surface area contributed by atoms with Gasteiger partial charge in [-0.2, -0.15) is 0 Å². The second-order valence-electron chi connectivity index (χ2n) is 16.8. The van der Waals surface area contributed by atoms with E-state index >= 15 is 0 Å². The zero-order valence-electron chi connectivity index (χ0n) is 36.1. The molecular formula is C50H54N3O8PSi. The summed E-state index contributed by atoms with van der Waals surface area (Å²) in [5.41, 5.74) is 1.01. The number of ether oxygens (including phenoxy) is 4. The van der Waals surface area contributed by atoms with Crippen LogP contribution in [-0.4, -0.2) is 74.0 Å². The Bertz CT molecular complexity index is 2490. The summed E-state index contributed by atoms with van der Waals surface area (Å²) in [5.74, 6) is 1.45. The molecule has 6 atom stereocenters. The molecule has 11 nitrogen and oxygen atoms in total. The summed E-state index contributed by atoms with van der Waals surface area (Å²) >= 11 is 0. The van der Waals surface area contributed by atoms with Crippen molar-refractivity contribution >= 4 is 27.0 Å². The molecule has 3 fully saturated rings. The molecule has 3 saturated heterocycles. The maximum atomic E-state index is 13.4. The van der Waals surface area contributed by atoms with Crippen molar-refractivity contribution in [2.24, 2.45) is 0 Å². The fraction of sp³-hybridized carbons (Fsp3) is 0.320. The highest BCUT2D eigenvalue weighted by atomic mass is 31.2. The normalized spacial score (nSPS) is 22.5. The lowest BCUT2D eigenvalue weighted by Gasteiger charge is -2.37. The molecule has 3 aliphatic rings. The molecule has 4 heterocycles. The Morgan fingerprint density at radius 1 is 0.762 bits per heavy atom. The molecule has 326 valence electrons. The van der Waals surface area contributed by atoms with Gasteiger partial charge < -0.3 is 28.0 Å². The molecule has 13 heteroatoms. The number of aromatic amines is 1. The molecule has 0 bridgehead atoms. The van der Waals surface area contributed by atoms with Crippen LogP contribution >= 0.6 is 8.53 Å². The van der Waals surface area contributed by atoms with E-state index in [0.29, 0.717) is 12.0 Å². The quantitative estimate of drug-likeness (QED) is 0.0636. The minimum Gasteiger partial charge on any atom is -0.497 e. The minimum atomic E-state index is -2.25. The molecule has 1 aromatic heterocycles. The summed E-state index contributed by atoms with van der Waals surface area (Å²) in [7, 11) is -0.446. The maximum absolute atomic E-state index is 13.4. The number of nitrogens with one attached hydrogen (secondary N) is 1. The summed E-state index contributed by atoms with van der Waals surface area (Å²) in [5, 5.41) is 2.76. The minimum absolute atomic E-state index is 0.0242. The molecule has 5 aromatic carbocycles. The van der Waals surface area contributed by atoms with Gasteiger partial charge >= 0.3 is 5.69 Å². The second-order valence-corrected chi connectivity index (χ2v) is 22.5. The third-order valence-corrected chi connectivity index (χ3v) is 19.3. The van der Waals surface area contributed by atoms with Crippen molar-refractivity contribution in [1.29, 1.82) is 0 Å². The predicted molar refractivity (Wildman–Crippen MR) is 248 cm³/mol. The van der Waals surface area contributed by atoms with Crippen LogP contribution in [0.5, 0.6) is 11.5 Å². The fourth-order valence-corrected chi connectivity index (χ4v) is 15.6. The van der Waals surface area contributed by atoms with E-state index < -0.39 is 51.9 Å². The topological polar surface area (TPSA) is 113 Å². The van der Waals surface area contributed by atoms with Gasteiger partial charge in [0, 0.05) is 30.8 Å². The summed E-state index contributed by atoms with van der Waals surface area (Å²) in [6.07, 6.45) is 2.10. The third-order valence-electron chi connectivity index (χ3n) is 13.1. The predicted octanol–water partition coefficient (Wildman–Crippen LogP) is 7.53. The number of hydrogen-bond acceptors (Lipinski definition) is 9. The Morgan fingerprint density at radius 2 is 1.32 bits per heavy atom. The van der Waals surface area contributed by atoms with Crippen LogP contribution < -0.4 is 31.1 Å². The second kappa shape index (κ2) is 18.5. The van der Waals surface area contributed by atoms with Gasteiger partial charge in [-0.15, -0.1) is 0 Å². The van der Waals surface area contributed by atoms with Crippen LogP contribution in [0.3, 0.4) is 0 Å². The highest BCUT2D eigenvalue weighted by molar-refractivity contribution is 7.45. The molecule has 0 radical (unpaired) electrons. The molecule has 0 spiro atoms. The fourth-order valence-electron chi connectivity index (χ4n) is 9.61. The zero-order chi connectivity index (χ0) is 43.6. The Balaban J connectivity index is 1.07. The molecular weight excluding hydrogens is 830 g/mol. The highest BCUT2D eigenvalue weighted by Crippen LogP contribution is 2.59. The summed E-state index contributed by atoms with van der Waals surface area (Å²) < 4.78 is 43.6. The third kappa shape index (κ3) is 8.49. The van der Waals surface area contributed by atoms with Crippen molar-refractivity contribution in [3.8, 4) is 11.5 Å². The van der Waals surface area contributed by atoms with Gasteiger partial charge in [0.15, 0.2) is 0 Å². The molecule has 0 saturated carbocycles. The number of aryl methyl sites for hydroxylation is 1. The van der Waals surface area contributed by atoms with Crippen molar-refractivity contribution in [3.05, 3.63) is 189 Å². The number of nitrogens with zero attached hydrogens (tertiary/aromatic N) is 2. The SMILES string of the molecule is COc1ccc(C(OC[C@H]2O[C@@H](n3cc(C)c(=O)[nH]c3=O)C[C@@H]2O[P@@]2O[C@H](C[Si](C)(c3ccccc3)c3ccccc3)[C@@H]3CCCN32)(c2ccccc2)c2ccc(OC)cc2)cc1. The molecule has 1 N–H and O–H groups in total. The van der Waals surface area contributed by atoms with Gasteiger partial charge in [-0.3, -0.25) is 14.3 Å². The first-order valence-electron chi connectivity index (χ1n) is 21.7. The number of benzene rings is 5. The van der Waals surface area contributed by atoms with Crippen LogP contribution in [0.25, 0.3) is 0 Å². The first kappa shape index (κ1) is 43.1. The lowest BCUT2D eigenvalue weighted by molar-refractivity contribution is -0.0920. The van der Waals surface area contributed by atoms with Crippen molar-refractivity contribution in [3.63, 3.8) is 0 Å². The van der Waals surface area contributed by atoms with Gasteiger partial charge in [0.25, 0.3) is 14.1 Å². The van der Waals surface area contributed by atoms with Crippen LogP contribution in [0.1, 0.15) is 47.7 Å². The molecule has 0 unspecified atom stereocenters. The number of methoxy groups -OCH3 is 2. The van der Waals surface area contributed by atoms with Crippen molar-refractivity contribution in [1.82, 2.24) is 14.2 Å². The van der Waals surface area contributed by atoms with Gasteiger partial charge in [-0.1, -0.05) is 132 Å². The van der Waals surface area contributed by atoms with Crippen LogP contribution in [0.4, 0.5) is 0 Å². The average Bonchev–Trinajstić information content (AvgIpc) is 4.06. The van der Waals surface area contributed by atoms with E-state index in [0.717, 1.165) is 53.6 Å². The summed E-state index contributed by atoms with van der Waals surface area (Å²) in [6.45, 7) is 5.11. The van der Waals surface area contributed by atoms with Crippen LogP contribution in [0, 0.1) is 6.92 Å². The molecule has 0 amide bonds. The van der Waals surface area contributed by atoms with Gasteiger partial charge in [0.05, 0.1) is 33.0 Å². The zero-order valence-corrected chi connectivity index (χ0v) is 38.0. The first-order valence-corrected chi connectivity index (χ1v) is 25.5. The van der Waals surface area contributed by atoms with E-state index in [9.17, 15) is 9.59 Å². The molecule has 6 aromatic rings. The Labute approximate surface area is 370 Å². The van der Waals surface area contributed by atoms with E-state index in [1.54, 1.807) is 27.3 Å². The largest absolute Gasteiger partial charge is 0.497 e. The van der Waals surface area contributed by atoms with Gasteiger partial charge in [0.2, 0.25) is 0 Å². The highest BCUT2D eigenvalue weighted by Gasteiger charge is 2.52. The monoisotopic (exact) mass is 883 g/mol. The van der Waals surface area contributed by atoms with Crippen LogP contribution in [0.15, 0.2) is 155 Å². The molecule has 0 aliphatic carbocycles. The van der Waals surface area contributed by atoms with E-state index in [2.05, 4.69) is 89.0 Å². The number of aromatic nitrogens is 2. The average molecular weight is 884 g/mol. The van der Waals surface area contributed by atoms with Gasteiger partial charge in [0.1, 0.15) is 37.5 Å². The Morgan fingerprint density at radius 3 is 1.89 bits per heavy atom. The van der Waals surface area contributed by atoms with Gasteiger partial charge in [-0.05, 0) is 66.8 Å². The maximum Gasteiger partial charge on any atom is 0.330 e. The van der Waals surface area contributed by atoms with E-state index in [1.165, 1.54) is 14.9 Å². The van der Waals surface area contributed by atoms with Crippen molar-refractivity contribution < 1.29 is 28.0 Å². The van der Waals surface area contributed by atoms with Crippen molar-refractivity contribution in [2.75, 3.05) is 27.4 Å². The van der Waals surface area contributed by atoms with Crippen LogP contribution in [0.2, 0.25) is 12.6 Å². The van der Waals surface area contributed by atoms with E-state index in [1.807, 2.05) is 66.7 Å². The van der Waals surface area contributed by atoms with E-state index in [4.69, 9.17) is 28.0 Å². The Kier molecular flexibility index (Phi) is 12.7. The first-order chi connectivity index (χ1) is 30.7. The number of fused-ring (bicyclic) bond motifs is 1. The summed E-state index contributed by atoms with van der Waals surface area (Å²) in [6, 6.07) is 48.9. The number of H-pyrrole nitrogens is 1. The molecule has 9 rings (SSSR count). The van der Waals surface area contributed by atoms with Gasteiger partial charge in [-0.25, -0.2) is 9.46 Å².